The average molecular weight is 596 g/mol. The Kier molecular flexibility index (Phi) is 17.5. The van der Waals surface area contributed by atoms with Gasteiger partial charge in [-0.3, -0.25) is 12.2 Å². The van der Waals surface area contributed by atoms with E-state index in [0.717, 1.165) is 12.8 Å². The third kappa shape index (κ3) is 15.4. The molecule has 0 spiro atoms. The molecule has 2 rings (SSSR count). The van der Waals surface area contributed by atoms with Crippen molar-refractivity contribution in [2.75, 3.05) is 0 Å². The molecule has 0 N–H and O–H groups in total. The van der Waals surface area contributed by atoms with Crippen molar-refractivity contribution in [1.82, 2.24) is 0 Å². The molecule has 0 nitrogen and oxygen atoms in total. The zero-order valence-electron chi connectivity index (χ0n) is 23.3. The quantitative estimate of drug-likeness (QED) is 0.346. The van der Waals surface area contributed by atoms with E-state index >= 15 is 0 Å². The minimum Gasteiger partial charge on any atom is -1.00 e. The zero-order chi connectivity index (χ0) is 24.1. The van der Waals surface area contributed by atoms with E-state index in [1.54, 1.807) is 20.8 Å². The Bertz CT molecular complexity index is 676. The zero-order valence-corrected chi connectivity index (χ0v) is 31.4. The van der Waals surface area contributed by atoms with Gasteiger partial charge in [0.15, 0.2) is 0 Å². The fourth-order valence-corrected chi connectivity index (χ4v) is 7.99. The fraction of sp³-hybridized carbons (Fsp3) is 0.667. The largest absolute Gasteiger partial charge is 1.00 e. The Labute approximate surface area is 230 Å². The maximum Gasteiger partial charge on any atom is -1.00 e. The Morgan fingerprint density at radius 1 is 0.594 bits per heavy atom. The third-order valence-corrected chi connectivity index (χ3v) is 13.5. The van der Waals surface area contributed by atoms with Crippen LogP contribution < -0.4 is 24.8 Å². The van der Waals surface area contributed by atoms with E-state index in [2.05, 4.69) is 135 Å². The van der Waals surface area contributed by atoms with Crippen molar-refractivity contribution in [2.24, 2.45) is 0 Å². The molecular weight excluding hydrogens is 547 g/mol. The monoisotopic (exact) mass is 594 g/mol. The van der Waals surface area contributed by atoms with E-state index in [-0.39, 0.29) is 31.0 Å². The Hall–Kier alpha value is 1.34. The normalized spacial score (nSPS) is 16.0. The molecule has 0 radical (unpaired) electrons. The van der Waals surface area contributed by atoms with Gasteiger partial charge in [-0.2, -0.15) is 10.4 Å². The Morgan fingerprint density at radius 2 is 0.812 bits per heavy atom. The predicted octanol–water partition coefficient (Wildman–Crippen LogP) is 2.39. The summed E-state index contributed by atoms with van der Waals surface area (Å²) in [6.45, 7) is 33.5. The molecule has 8 heteroatoms. The molecule has 0 unspecified atom stereocenters. The molecule has 0 aliphatic heterocycles. The summed E-state index contributed by atoms with van der Waals surface area (Å²) in [6, 6.07) is 0. The molecule has 0 aromatic rings. The second kappa shape index (κ2) is 14.8. The summed E-state index contributed by atoms with van der Waals surface area (Å²) < 4.78 is 0. The molecule has 32 heavy (non-hydrogen) atoms. The van der Waals surface area contributed by atoms with Gasteiger partial charge in [0.25, 0.3) is 0 Å². The first-order valence-electron chi connectivity index (χ1n) is 11.3. The van der Waals surface area contributed by atoms with E-state index in [9.17, 15) is 0 Å². The van der Waals surface area contributed by atoms with Crippen LogP contribution in [0.5, 0.6) is 0 Å². The Balaban J connectivity index is -0.000000428. The van der Waals surface area contributed by atoms with Crippen LogP contribution >= 0.6 is 0 Å². The molecule has 2 aliphatic carbocycles. The topological polar surface area (TPSA) is 0 Å². The van der Waals surface area contributed by atoms with E-state index in [4.69, 9.17) is 0 Å². The first-order chi connectivity index (χ1) is 13.2. The van der Waals surface area contributed by atoms with Gasteiger partial charge in [-0.05, 0) is 0 Å². The SMILES string of the molecule is C[Si](C)(C)C1=[C-]CC([Si](C)(C)C)=C1.C[Si](C)(C)C1=[C-]CC([Si](C)(C)C)=C1.C[Si](C)=[Ti+2].[Cl-].[Cl-]. The van der Waals surface area contributed by atoms with Crippen molar-refractivity contribution >= 4 is 38.5 Å². The van der Waals surface area contributed by atoms with Crippen molar-refractivity contribution in [3.63, 3.8) is 0 Å². The molecule has 0 heterocycles. The summed E-state index contributed by atoms with van der Waals surface area (Å²) in [4.78, 5) is 0. The van der Waals surface area contributed by atoms with Crippen LogP contribution in [0.1, 0.15) is 12.8 Å². The molecule has 184 valence electrons. The number of hydrogen-bond donors (Lipinski definition) is 0. The van der Waals surface area contributed by atoms with Crippen LogP contribution in [0, 0.1) is 12.2 Å². The predicted molar refractivity (Wildman–Crippen MR) is 150 cm³/mol. The number of halogens is 2. The first-order valence-corrected chi connectivity index (χ1v) is 30.2. The van der Waals surface area contributed by atoms with Gasteiger partial charge in [0, 0.05) is 16.1 Å². The molecule has 0 saturated carbocycles. The number of allylic oxidation sites excluding steroid dienone is 8. The van der Waals surface area contributed by atoms with Gasteiger partial charge in [-0.25, -0.2) is 22.5 Å². The van der Waals surface area contributed by atoms with Crippen LogP contribution in [0.3, 0.4) is 0 Å². The molecular formula is C24H48Cl2Si5Ti-2. The minimum atomic E-state index is -1.09. The molecule has 0 amide bonds. The summed E-state index contributed by atoms with van der Waals surface area (Å²) in [6.07, 6.45) is 14.4. The van der Waals surface area contributed by atoms with Gasteiger partial charge in [0.05, 0.1) is 16.1 Å². The summed E-state index contributed by atoms with van der Waals surface area (Å²) in [5.41, 5.74) is 0. The number of rotatable bonds is 4. The van der Waals surface area contributed by atoms with Gasteiger partial charge >= 0.3 is 38.5 Å². The Morgan fingerprint density at radius 3 is 0.906 bits per heavy atom. The molecule has 0 saturated heterocycles. The van der Waals surface area contributed by atoms with Gasteiger partial charge in [0.1, 0.15) is 0 Å². The second-order valence-electron chi connectivity index (χ2n) is 12.9. The number of hydrogen-bond acceptors (Lipinski definition) is 0. The first kappa shape index (κ1) is 37.9. The standard InChI is InChI=1S/2C11H21Si2.C2H6Si.2ClH.Ti/c2*1-12(2,3)10-7-8-11(9-10)13(4,5)6;1-3-2;;;/h2*9H,7H2,1-6H3;1-2H3;2*1H;/q2*-1;;;;+2/p-2. The molecule has 0 aromatic heterocycles. The summed E-state index contributed by atoms with van der Waals surface area (Å²) in [5, 5.41) is 6.46. The van der Waals surface area contributed by atoms with Crippen LogP contribution in [0.4, 0.5) is 0 Å². The maximum atomic E-state index is 3.57. The molecule has 0 atom stereocenters. The van der Waals surface area contributed by atoms with Crippen molar-refractivity contribution in [3.05, 3.63) is 45.1 Å². The van der Waals surface area contributed by atoms with Crippen molar-refractivity contribution in [2.45, 2.75) is 104 Å². The van der Waals surface area contributed by atoms with Gasteiger partial charge < -0.3 is 24.8 Å². The van der Waals surface area contributed by atoms with E-state index < -0.39 is 32.3 Å². The summed E-state index contributed by atoms with van der Waals surface area (Å²) in [5.74, 6) is 0. The van der Waals surface area contributed by atoms with Crippen molar-refractivity contribution < 1.29 is 44.0 Å². The maximum absolute atomic E-state index is 3.57. The van der Waals surface area contributed by atoms with Crippen molar-refractivity contribution in [1.29, 1.82) is 0 Å². The van der Waals surface area contributed by atoms with Crippen LogP contribution in [-0.4, -0.2) is 38.5 Å². The van der Waals surface area contributed by atoms with Crippen LogP contribution in [0.2, 0.25) is 91.7 Å². The smallest absolute Gasteiger partial charge is 1.00 e. The molecule has 0 bridgehead atoms. The van der Waals surface area contributed by atoms with Crippen LogP contribution in [0.15, 0.2) is 32.9 Å². The second-order valence-corrected chi connectivity index (χ2v) is 39.9. The van der Waals surface area contributed by atoms with Gasteiger partial charge in [0.2, 0.25) is 0 Å². The van der Waals surface area contributed by atoms with Crippen LogP contribution in [-0.2, 0) is 19.2 Å². The van der Waals surface area contributed by atoms with Crippen molar-refractivity contribution in [3.8, 4) is 0 Å². The van der Waals surface area contributed by atoms with Gasteiger partial charge in [-0.15, -0.1) is 12.8 Å². The van der Waals surface area contributed by atoms with E-state index in [0.29, 0.717) is 0 Å². The summed E-state index contributed by atoms with van der Waals surface area (Å²) in [7, 11) is -4.28. The molecule has 0 aromatic carbocycles. The molecule has 2 aliphatic rings. The fourth-order valence-electron chi connectivity index (χ4n) is 2.86. The molecule has 0 fully saturated rings. The summed E-state index contributed by atoms with van der Waals surface area (Å²) >= 11 is 2.27. The average Bonchev–Trinajstić information content (AvgIpc) is 3.15. The minimum absolute atomic E-state index is 0. The van der Waals surface area contributed by atoms with Crippen LogP contribution in [0.25, 0.3) is 0 Å². The van der Waals surface area contributed by atoms with E-state index in [1.807, 2.05) is 0 Å². The van der Waals surface area contributed by atoms with E-state index in [1.165, 1.54) is 0 Å². The third-order valence-electron chi connectivity index (χ3n) is 5.12. The van der Waals surface area contributed by atoms with Gasteiger partial charge in [-0.1, -0.05) is 78.6 Å².